The van der Waals surface area contributed by atoms with Gasteiger partial charge in [-0.1, -0.05) is 11.6 Å². The molecule has 0 aromatic carbocycles. The lowest BCUT2D eigenvalue weighted by molar-refractivity contribution is 0.0624. The molecule has 98 valence electrons. The summed E-state index contributed by atoms with van der Waals surface area (Å²) < 4.78 is 7.46. The van der Waals surface area contributed by atoms with E-state index in [4.69, 9.17) is 16.3 Å². The van der Waals surface area contributed by atoms with E-state index in [0.29, 0.717) is 6.61 Å². The fraction of sp³-hybridized carbons (Fsp3) is 0.750. The lowest BCUT2D eigenvalue weighted by Crippen LogP contribution is -2.34. The van der Waals surface area contributed by atoms with Crippen LogP contribution in [0.2, 0.25) is 5.02 Å². The predicted octanol–water partition coefficient (Wildman–Crippen LogP) is 1.94. The standard InChI is InChI=1S/C12H22ClN3O/c1-8(2)17-7-10(14-4)6-11-12(13)9(3)15-16(11)5/h8,10,14H,6-7H2,1-5H3. The van der Waals surface area contributed by atoms with Crippen molar-refractivity contribution in [2.45, 2.75) is 39.3 Å². The zero-order chi connectivity index (χ0) is 13.0. The monoisotopic (exact) mass is 259 g/mol. The summed E-state index contributed by atoms with van der Waals surface area (Å²) in [6.07, 6.45) is 1.06. The minimum atomic E-state index is 0.245. The van der Waals surface area contributed by atoms with Crippen molar-refractivity contribution < 1.29 is 4.74 Å². The van der Waals surface area contributed by atoms with Gasteiger partial charge >= 0.3 is 0 Å². The molecule has 1 unspecified atom stereocenters. The number of nitrogens with one attached hydrogen (secondary N) is 1. The molecule has 1 atom stereocenters. The number of halogens is 1. The van der Waals surface area contributed by atoms with Crippen molar-refractivity contribution >= 4 is 11.6 Å². The molecule has 4 nitrogen and oxygen atoms in total. The maximum atomic E-state index is 6.23. The van der Waals surface area contributed by atoms with E-state index >= 15 is 0 Å². The van der Waals surface area contributed by atoms with Gasteiger partial charge in [-0.15, -0.1) is 0 Å². The molecule has 0 radical (unpaired) electrons. The van der Waals surface area contributed by atoms with Gasteiger partial charge in [0.05, 0.1) is 29.1 Å². The molecule has 5 heteroatoms. The van der Waals surface area contributed by atoms with Crippen LogP contribution in [0.3, 0.4) is 0 Å². The molecular weight excluding hydrogens is 238 g/mol. The molecule has 0 saturated carbocycles. The van der Waals surface area contributed by atoms with Crippen LogP contribution in [-0.2, 0) is 18.2 Å². The van der Waals surface area contributed by atoms with Crippen molar-refractivity contribution in [2.75, 3.05) is 13.7 Å². The first kappa shape index (κ1) is 14.5. The summed E-state index contributed by atoms with van der Waals surface area (Å²) >= 11 is 6.23. The third-order valence-corrected chi connectivity index (χ3v) is 3.23. The molecular formula is C12H22ClN3O. The Morgan fingerprint density at radius 1 is 1.47 bits per heavy atom. The lowest BCUT2D eigenvalue weighted by atomic mass is 10.1. The molecule has 1 rings (SSSR count). The van der Waals surface area contributed by atoms with Crippen molar-refractivity contribution in [1.29, 1.82) is 0 Å². The first-order valence-electron chi connectivity index (χ1n) is 5.92. The van der Waals surface area contributed by atoms with Crippen LogP contribution in [0.5, 0.6) is 0 Å². The van der Waals surface area contributed by atoms with Crippen molar-refractivity contribution in [3.63, 3.8) is 0 Å². The Morgan fingerprint density at radius 2 is 2.12 bits per heavy atom. The normalized spacial score (nSPS) is 13.4. The highest BCUT2D eigenvalue weighted by molar-refractivity contribution is 6.31. The zero-order valence-electron chi connectivity index (χ0n) is 11.2. The summed E-state index contributed by atoms with van der Waals surface area (Å²) in [5, 5.41) is 8.32. The molecule has 1 aromatic heterocycles. The second-order valence-corrected chi connectivity index (χ2v) is 4.92. The molecule has 0 aliphatic carbocycles. The van der Waals surface area contributed by atoms with Crippen LogP contribution in [0.1, 0.15) is 25.2 Å². The highest BCUT2D eigenvalue weighted by Gasteiger charge is 2.16. The number of hydrogen-bond donors (Lipinski definition) is 1. The second-order valence-electron chi connectivity index (χ2n) is 4.54. The Bertz CT molecular complexity index is 363. The third-order valence-electron chi connectivity index (χ3n) is 2.74. The van der Waals surface area contributed by atoms with Crippen LogP contribution < -0.4 is 5.32 Å². The van der Waals surface area contributed by atoms with Gasteiger partial charge in [0.2, 0.25) is 0 Å². The number of rotatable bonds is 6. The Morgan fingerprint density at radius 3 is 2.53 bits per heavy atom. The van der Waals surface area contributed by atoms with Gasteiger partial charge in [-0.3, -0.25) is 4.68 Å². The summed E-state index contributed by atoms with van der Waals surface area (Å²) in [6.45, 7) is 6.67. The SMILES string of the molecule is CNC(COC(C)C)Cc1c(Cl)c(C)nn1C. The minimum Gasteiger partial charge on any atom is -0.377 e. The number of aromatic nitrogens is 2. The molecule has 1 N–H and O–H groups in total. The zero-order valence-corrected chi connectivity index (χ0v) is 12.0. The van der Waals surface area contributed by atoms with Crippen LogP contribution >= 0.6 is 11.6 Å². The Hall–Kier alpha value is -0.580. The molecule has 0 amide bonds. The fourth-order valence-corrected chi connectivity index (χ4v) is 1.93. The van der Waals surface area contributed by atoms with E-state index in [1.165, 1.54) is 0 Å². The van der Waals surface area contributed by atoms with E-state index in [1.54, 1.807) is 0 Å². The minimum absolute atomic E-state index is 0.245. The lowest BCUT2D eigenvalue weighted by Gasteiger charge is -2.18. The van der Waals surface area contributed by atoms with E-state index in [2.05, 4.69) is 10.4 Å². The van der Waals surface area contributed by atoms with E-state index in [1.807, 2.05) is 39.5 Å². The Labute approximate surface area is 108 Å². The first-order chi connectivity index (χ1) is 7.95. The highest BCUT2D eigenvalue weighted by atomic mass is 35.5. The summed E-state index contributed by atoms with van der Waals surface area (Å²) in [5.74, 6) is 0. The van der Waals surface area contributed by atoms with Crippen molar-refractivity contribution in [2.24, 2.45) is 7.05 Å². The van der Waals surface area contributed by atoms with E-state index < -0.39 is 0 Å². The highest BCUT2D eigenvalue weighted by Crippen LogP contribution is 2.20. The van der Waals surface area contributed by atoms with Crippen LogP contribution in [0, 0.1) is 6.92 Å². The van der Waals surface area contributed by atoms with E-state index in [9.17, 15) is 0 Å². The Balaban J connectivity index is 2.67. The quantitative estimate of drug-likeness (QED) is 0.849. The molecule has 0 saturated heterocycles. The number of nitrogens with zero attached hydrogens (tertiary/aromatic N) is 2. The van der Waals surface area contributed by atoms with Crippen LogP contribution in [0.25, 0.3) is 0 Å². The van der Waals surface area contributed by atoms with E-state index in [0.717, 1.165) is 22.8 Å². The van der Waals surface area contributed by atoms with Gasteiger partial charge in [0.15, 0.2) is 0 Å². The first-order valence-corrected chi connectivity index (χ1v) is 6.30. The van der Waals surface area contributed by atoms with E-state index in [-0.39, 0.29) is 12.1 Å². The van der Waals surface area contributed by atoms with Crippen LogP contribution in [0.4, 0.5) is 0 Å². The predicted molar refractivity (Wildman–Crippen MR) is 70.6 cm³/mol. The van der Waals surface area contributed by atoms with Gasteiger partial charge < -0.3 is 10.1 Å². The van der Waals surface area contributed by atoms with Gasteiger partial charge in [0.1, 0.15) is 0 Å². The summed E-state index contributed by atoms with van der Waals surface area (Å²) in [4.78, 5) is 0. The molecule has 1 aromatic rings. The van der Waals surface area contributed by atoms with Gasteiger partial charge in [-0.2, -0.15) is 5.10 Å². The summed E-state index contributed by atoms with van der Waals surface area (Å²) in [5.41, 5.74) is 1.93. The average molecular weight is 260 g/mol. The van der Waals surface area contributed by atoms with Crippen LogP contribution in [-0.4, -0.2) is 35.6 Å². The number of hydrogen-bond acceptors (Lipinski definition) is 3. The topological polar surface area (TPSA) is 39.1 Å². The molecule has 0 fully saturated rings. The molecule has 17 heavy (non-hydrogen) atoms. The van der Waals surface area contributed by atoms with Gasteiger partial charge in [-0.25, -0.2) is 0 Å². The largest absolute Gasteiger partial charge is 0.377 e. The average Bonchev–Trinajstić information content (AvgIpc) is 2.49. The molecule has 0 spiro atoms. The molecule has 1 heterocycles. The molecule has 0 aliphatic rings. The smallest absolute Gasteiger partial charge is 0.0847 e. The maximum absolute atomic E-state index is 6.23. The van der Waals surface area contributed by atoms with Crippen molar-refractivity contribution in [1.82, 2.24) is 15.1 Å². The third kappa shape index (κ3) is 3.98. The van der Waals surface area contributed by atoms with Crippen molar-refractivity contribution in [3.8, 4) is 0 Å². The molecule has 0 aliphatic heterocycles. The van der Waals surface area contributed by atoms with Gasteiger partial charge in [-0.05, 0) is 27.8 Å². The Kier molecular flexibility index (Phi) is 5.43. The maximum Gasteiger partial charge on any atom is 0.0847 e. The number of likely N-dealkylation sites (N-methyl/N-ethyl adjacent to an activating group) is 1. The van der Waals surface area contributed by atoms with Crippen LogP contribution in [0.15, 0.2) is 0 Å². The second kappa shape index (κ2) is 6.38. The summed E-state index contributed by atoms with van der Waals surface area (Å²) in [7, 11) is 3.86. The summed E-state index contributed by atoms with van der Waals surface area (Å²) in [6, 6.07) is 0.254. The van der Waals surface area contributed by atoms with Crippen molar-refractivity contribution in [3.05, 3.63) is 16.4 Å². The number of aryl methyl sites for hydroxylation is 2. The number of ether oxygens (including phenoxy) is 1. The fourth-order valence-electron chi connectivity index (χ4n) is 1.69. The molecule has 0 bridgehead atoms. The van der Waals surface area contributed by atoms with Gasteiger partial charge in [0.25, 0.3) is 0 Å². The van der Waals surface area contributed by atoms with Gasteiger partial charge in [0, 0.05) is 19.5 Å².